The third-order valence-corrected chi connectivity index (χ3v) is 4.74. The summed E-state index contributed by atoms with van der Waals surface area (Å²) in [6.07, 6.45) is 2.07. The van der Waals surface area contributed by atoms with Gasteiger partial charge >= 0.3 is 0 Å². The molecule has 0 aromatic carbocycles. The average molecular weight is 278 g/mol. The molecule has 0 spiro atoms. The predicted octanol–water partition coefficient (Wildman–Crippen LogP) is 4.12. The van der Waals surface area contributed by atoms with Gasteiger partial charge in [-0.05, 0) is 29.4 Å². The average Bonchev–Trinajstić information content (AvgIpc) is 2.68. The Balaban J connectivity index is 2.39. The highest BCUT2D eigenvalue weighted by molar-refractivity contribution is 7.13. The molecule has 1 aromatic rings. The minimum atomic E-state index is 0.186. The number of carbonyl (C=O) groups is 1. The van der Waals surface area contributed by atoms with Crippen LogP contribution in [-0.4, -0.2) is 24.3 Å². The number of hydrogen-bond donors (Lipinski definition) is 0. The molecule has 3 heteroatoms. The van der Waals surface area contributed by atoms with Crippen LogP contribution < -0.4 is 0 Å². The number of hydrogen-bond acceptors (Lipinski definition) is 3. The molecule has 1 atom stereocenters. The van der Waals surface area contributed by atoms with Crippen molar-refractivity contribution in [1.82, 2.24) is 4.90 Å². The molecular formula is C16H24NOS. The SMILES string of the molecule is C[C](C)CN1CCc2sc(C=O)cc2C1C(C)(C)C. The van der Waals surface area contributed by atoms with Crippen molar-refractivity contribution in [1.29, 1.82) is 0 Å². The fourth-order valence-electron chi connectivity index (χ4n) is 3.11. The highest BCUT2D eigenvalue weighted by atomic mass is 32.1. The zero-order chi connectivity index (χ0) is 14.2. The maximum atomic E-state index is 11.0. The van der Waals surface area contributed by atoms with Gasteiger partial charge in [0, 0.05) is 24.0 Å². The minimum absolute atomic E-state index is 0.186. The molecule has 1 unspecified atom stereocenters. The van der Waals surface area contributed by atoms with E-state index in [1.54, 1.807) is 11.3 Å². The smallest absolute Gasteiger partial charge is 0.160 e. The monoisotopic (exact) mass is 278 g/mol. The summed E-state index contributed by atoms with van der Waals surface area (Å²) in [5, 5.41) is 0. The number of carbonyl (C=O) groups excluding carboxylic acids is 1. The fourth-order valence-corrected chi connectivity index (χ4v) is 4.11. The van der Waals surface area contributed by atoms with Crippen LogP contribution in [0, 0.1) is 11.3 Å². The van der Waals surface area contributed by atoms with Crippen LogP contribution in [0.5, 0.6) is 0 Å². The van der Waals surface area contributed by atoms with E-state index in [0.717, 1.165) is 30.7 Å². The van der Waals surface area contributed by atoms with Gasteiger partial charge in [-0.15, -0.1) is 11.3 Å². The summed E-state index contributed by atoms with van der Waals surface area (Å²) in [5.41, 5.74) is 1.57. The lowest BCUT2D eigenvalue weighted by atomic mass is 9.79. The van der Waals surface area contributed by atoms with Crippen molar-refractivity contribution in [2.24, 2.45) is 5.41 Å². The topological polar surface area (TPSA) is 20.3 Å². The molecule has 0 saturated carbocycles. The molecule has 1 radical (unpaired) electrons. The first kappa shape index (κ1) is 14.7. The molecule has 0 saturated heterocycles. The van der Waals surface area contributed by atoms with Crippen molar-refractivity contribution >= 4 is 17.6 Å². The fraction of sp³-hybridized carbons (Fsp3) is 0.625. The van der Waals surface area contributed by atoms with Crippen molar-refractivity contribution in [3.63, 3.8) is 0 Å². The zero-order valence-corrected chi connectivity index (χ0v) is 13.4. The lowest BCUT2D eigenvalue weighted by Gasteiger charge is -2.44. The summed E-state index contributed by atoms with van der Waals surface area (Å²) in [6, 6.07) is 2.52. The number of fused-ring (bicyclic) bond motifs is 1. The van der Waals surface area contributed by atoms with Crippen LogP contribution in [0.15, 0.2) is 6.07 Å². The highest BCUT2D eigenvalue weighted by Gasteiger charge is 2.37. The Labute approximate surface area is 120 Å². The van der Waals surface area contributed by atoms with E-state index in [1.807, 2.05) is 0 Å². The molecule has 2 rings (SSSR count). The Hall–Kier alpha value is -0.670. The van der Waals surface area contributed by atoms with Crippen LogP contribution in [0.2, 0.25) is 0 Å². The number of thiophene rings is 1. The Kier molecular flexibility index (Phi) is 4.17. The van der Waals surface area contributed by atoms with Gasteiger partial charge in [0.1, 0.15) is 0 Å². The van der Waals surface area contributed by atoms with E-state index in [4.69, 9.17) is 0 Å². The quantitative estimate of drug-likeness (QED) is 0.775. The van der Waals surface area contributed by atoms with Gasteiger partial charge < -0.3 is 0 Å². The third-order valence-electron chi connectivity index (χ3n) is 3.60. The summed E-state index contributed by atoms with van der Waals surface area (Å²) in [7, 11) is 0. The van der Waals surface area contributed by atoms with Gasteiger partial charge in [-0.3, -0.25) is 9.69 Å². The number of aldehydes is 1. The van der Waals surface area contributed by atoms with Crippen LogP contribution in [0.25, 0.3) is 0 Å². The highest BCUT2D eigenvalue weighted by Crippen LogP contribution is 2.45. The molecular weight excluding hydrogens is 254 g/mol. The molecule has 105 valence electrons. The first-order valence-corrected chi connectivity index (χ1v) is 7.75. The van der Waals surface area contributed by atoms with Gasteiger partial charge in [0.25, 0.3) is 0 Å². The molecule has 1 aliphatic heterocycles. The Morgan fingerprint density at radius 2 is 2.16 bits per heavy atom. The largest absolute Gasteiger partial charge is 0.297 e. The van der Waals surface area contributed by atoms with Crippen LogP contribution in [0.3, 0.4) is 0 Å². The van der Waals surface area contributed by atoms with Crippen molar-refractivity contribution in [3.05, 3.63) is 27.3 Å². The molecule has 0 amide bonds. The first-order chi connectivity index (χ1) is 8.82. The lowest BCUT2D eigenvalue weighted by molar-refractivity contribution is 0.0947. The van der Waals surface area contributed by atoms with Crippen LogP contribution in [0.1, 0.15) is 60.8 Å². The second kappa shape index (κ2) is 5.37. The van der Waals surface area contributed by atoms with Gasteiger partial charge in [-0.25, -0.2) is 0 Å². The Bertz CT molecular complexity index is 456. The van der Waals surface area contributed by atoms with Crippen LogP contribution in [-0.2, 0) is 6.42 Å². The molecule has 0 N–H and O–H groups in total. The van der Waals surface area contributed by atoms with E-state index >= 15 is 0 Å². The standard InChI is InChI=1S/C16H24NOS/c1-11(2)9-17-7-6-14-13(8-12(10-18)19-14)15(17)16(3,4)5/h8,10,15H,6-7,9H2,1-5H3. The van der Waals surface area contributed by atoms with Crippen LogP contribution >= 0.6 is 11.3 Å². The van der Waals surface area contributed by atoms with Crippen molar-refractivity contribution in [2.45, 2.75) is 47.1 Å². The first-order valence-electron chi connectivity index (χ1n) is 6.94. The number of nitrogens with zero attached hydrogens (tertiary/aromatic N) is 1. The normalized spacial score (nSPS) is 20.6. The van der Waals surface area contributed by atoms with E-state index < -0.39 is 0 Å². The van der Waals surface area contributed by atoms with E-state index in [2.05, 4.69) is 45.6 Å². The maximum Gasteiger partial charge on any atom is 0.160 e. The van der Waals surface area contributed by atoms with E-state index in [9.17, 15) is 4.79 Å². The maximum absolute atomic E-state index is 11.0. The molecule has 2 heterocycles. The van der Waals surface area contributed by atoms with E-state index in [1.165, 1.54) is 16.4 Å². The van der Waals surface area contributed by atoms with Gasteiger partial charge in [0.2, 0.25) is 0 Å². The van der Waals surface area contributed by atoms with Gasteiger partial charge in [-0.1, -0.05) is 34.6 Å². The second-order valence-electron chi connectivity index (χ2n) is 6.84. The summed E-state index contributed by atoms with van der Waals surface area (Å²) in [6.45, 7) is 13.4. The number of rotatable bonds is 3. The molecule has 0 fully saturated rings. The van der Waals surface area contributed by atoms with Crippen molar-refractivity contribution in [2.75, 3.05) is 13.1 Å². The van der Waals surface area contributed by atoms with Crippen molar-refractivity contribution in [3.8, 4) is 0 Å². The summed E-state index contributed by atoms with van der Waals surface area (Å²) < 4.78 is 0. The summed E-state index contributed by atoms with van der Waals surface area (Å²) in [4.78, 5) is 15.9. The molecule has 0 aliphatic carbocycles. The summed E-state index contributed by atoms with van der Waals surface area (Å²) >= 11 is 1.67. The minimum Gasteiger partial charge on any atom is -0.297 e. The molecule has 1 aliphatic rings. The van der Waals surface area contributed by atoms with E-state index in [0.29, 0.717) is 6.04 Å². The molecule has 0 bridgehead atoms. The molecule has 2 nitrogen and oxygen atoms in total. The van der Waals surface area contributed by atoms with Gasteiger partial charge in [-0.2, -0.15) is 0 Å². The Morgan fingerprint density at radius 3 is 2.68 bits per heavy atom. The van der Waals surface area contributed by atoms with Gasteiger partial charge in [0.05, 0.1) is 4.88 Å². The van der Waals surface area contributed by atoms with Gasteiger partial charge in [0.15, 0.2) is 6.29 Å². The zero-order valence-electron chi connectivity index (χ0n) is 12.6. The lowest BCUT2D eigenvalue weighted by Crippen LogP contribution is -2.42. The molecule has 19 heavy (non-hydrogen) atoms. The predicted molar refractivity (Wildman–Crippen MR) is 81.8 cm³/mol. The molecule has 1 aromatic heterocycles. The third kappa shape index (κ3) is 3.09. The summed E-state index contributed by atoms with van der Waals surface area (Å²) in [5.74, 6) is 1.45. The van der Waals surface area contributed by atoms with E-state index in [-0.39, 0.29) is 5.41 Å². The second-order valence-corrected chi connectivity index (χ2v) is 8.01. The Morgan fingerprint density at radius 1 is 1.47 bits per heavy atom. The van der Waals surface area contributed by atoms with Crippen molar-refractivity contribution < 1.29 is 4.79 Å². The van der Waals surface area contributed by atoms with Crippen LogP contribution in [0.4, 0.5) is 0 Å².